The van der Waals surface area contributed by atoms with E-state index in [0.717, 1.165) is 63.4 Å². The number of hydrogen-bond donors (Lipinski definition) is 1. The van der Waals surface area contributed by atoms with Gasteiger partial charge in [-0.2, -0.15) is 0 Å². The van der Waals surface area contributed by atoms with Gasteiger partial charge in [0.25, 0.3) is 0 Å². The number of likely N-dealkylation sites (tertiary alicyclic amines) is 1. The summed E-state index contributed by atoms with van der Waals surface area (Å²) in [7, 11) is 0. The van der Waals surface area contributed by atoms with Crippen molar-refractivity contribution < 1.29 is 9.59 Å². The van der Waals surface area contributed by atoms with Gasteiger partial charge in [0.05, 0.1) is 13.1 Å². The van der Waals surface area contributed by atoms with Crippen LogP contribution in [0.2, 0.25) is 0 Å². The fourth-order valence-corrected chi connectivity index (χ4v) is 3.87. The highest BCUT2D eigenvalue weighted by atomic mass is 16.2. The summed E-state index contributed by atoms with van der Waals surface area (Å²) in [6.45, 7) is 10.3. The lowest BCUT2D eigenvalue weighted by Gasteiger charge is -2.34. The Labute approximate surface area is 162 Å². The first-order chi connectivity index (χ1) is 13.0. The lowest BCUT2D eigenvalue weighted by atomic mass is 10.0. The van der Waals surface area contributed by atoms with Crippen molar-refractivity contribution in [2.75, 3.05) is 57.7 Å². The third-order valence-corrected chi connectivity index (χ3v) is 5.51. The molecule has 2 aliphatic rings. The monoisotopic (exact) mass is 372 g/mol. The number of piperazine rings is 1. The van der Waals surface area contributed by atoms with Gasteiger partial charge in [-0.15, -0.1) is 0 Å². The molecule has 1 N–H and O–H groups in total. The number of carbonyl (C=O) groups is 2. The molecule has 2 aliphatic heterocycles. The van der Waals surface area contributed by atoms with E-state index >= 15 is 0 Å². The normalized spacial score (nSPS) is 18.9. The molecule has 0 atom stereocenters. The molecule has 0 saturated carbocycles. The minimum atomic E-state index is 0.0321. The van der Waals surface area contributed by atoms with Gasteiger partial charge in [-0.25, -0.2) is 0 Å². The first kappa shape index (κ1) is 19.8. The van der Waals surface area contributed by atoms with Crippen LogP contribution in [-0.4, -0.2) is 78.9 Å². The second kappa shape index (κ2) is 9.33. The van der Waals surface area contributed by atoms with Crippen LogP contribution >= 0.6 is 0 Å². The van der Waals surface area contributed by atoms with Crippen molar-refractivity contribution in [3.8, 4) is 0 Å². The van der Waals surface area contributed by atoms with Crippen LogP contribution < -0.4 is 5.32 Å². The molecule has 0 aliphatic carbocycles. The molecule has 27 heavy (non-hydrogen) atoms. The smallest absolute Gasteiger partial charge is 0.238 e. The SMILES string of the molecule is CC(C)c1ccccc1NC(=O)CN1CCN(CC(=O)N2CCCC2)CC1. The Morgan fingerprint density at radius 3 is 2.15 bits per heavy atom. The summed E-state index contributed by atoms with van der Waals surface area (Å²) in [6, 6.07) is 8.00. The van der Waals surface area contributed by atoms with E-state index in [9.17, 15) is 9.59 Å². The van der Waals surface area contributed by atoms with Crippen LogP contribution in [0.4, 0.5) is 5.69 Å². The molecule has 0 unspecified atom stereocenters. The number of para-hydroxylation sites is 1. The van der Waals surface area contributed by atoms with Crippen molar-refractivity contribution in [1.29, 1.82) is 0 Å². The van der Waals surface area contributed by atoms with Gasteiger partial charge in [-0.3, -0.25) is 19.4 Å². The molecule has 1 aromatic rings. The number of rotatable bonds is 6. The zero-order chi connectivity index (χ0) is 19.2. The van der Waals surface area contributed by atoms with E-state index in [1.165, 1.54) is 0 Å². The maximum Gasteiger partial charge on any atom is 0.238 e. The number of benzene rings is 1. The number of nitrogens with zero attached hydrogens (tertiary/aromatic N) is 3. The van der Waals surface area contributed by atoms with Crippen molar-refractivity contribution in [3.63, 3.8) is 0 Å². The topological polar surface area (TPSA) is 55.9 Å². The average Bonchev–Trinajstić information content (AvgIpc) is 3.18. The summed E-state index contributed by atoms with van der Waals surface area (Å²) in [5, 5.41) is 3.06. The van der Waals surface area contributed by atoms with E-state index in [1.807, 2.05) is 23.1 Å². The van der Waals surface area contributed by atoms with Gasteiger partial charge < -0.3 is 10.2 Å². The Bertz CT molecular complexity index is 647. The average molecular weight is 373 g/mol. The number of hydrogen-bond acceptors (Lipinski definition) is 4. The summed E-state index contributed by atoms with van der Waals surface area (Å²) in [6.07, 6.45) is 2.27. The standard InChI is InChI=1S/C21H32N4O2/c1-17(2)18-7-3-4-8-19(18)22-20(26)15-23-11-13-24(14-12-23)16-21(27)25-9-5-6-10-25/h3-4,7-8,17H,5-6,9-16H2,1-2H3,(H,22,26). The van der Waals surface area contributed by atoms with Crippen molar-refractivity contribution >= 4 is 17.5 Å². The Kier molecular flexibility index (Phi) is 6.85. The largest absolute Gasteiger partial charge is 0.342 e. The van der Waals surface area contributed by atoms with Crippen LogP contribution in [0.15, 0.2) is 24.3 Å². The van der Waals surface area contributed by atoms with E-state index in [2.05, 4.69) is 35.0 Å². The molecule has 0 bridgehead atoms. The third kappa shape index (κ3) is 5.53. The molecule has 148 valence electrons. The zero-order valence-corrected chi connectivity index (χ0v) is 16.6. The molecule has 3 rings (SSSR count). The highest BCUT2D eigenvalue weighted by Gasteiger charge is 2.24. The molecule has 1 aromatic carbocycles. The van der Waals surface area contributed by atoms with Crippen LogP contribution in [0.5, 0.6) is 0 Å². The molecular formula is C21H32N4O2. The highest BCUT2D eigenvalue weighted by Crippen LogP contribution is 2.23. The van der Waals surface area contributed by atoms with E-state index in [0.29, 0.717) is 19.0 Å². The lowest BCUT2D eigenvalue weighted by molar-refractivity contribution is -0.132. The Morgan fingerprint density at radius 1 is 0.926 bits per heavy atom. The molecule has 2 heterocycles. The number of anilines is 1. The Morgan fingerprint density at radius 2 is 1.52 bits per heavy atom. The molecule has 2 fully saturated rings. The minimum absolute atomic E-state index is 0.0321. The third-order valence-electron chi connectivity index (χ3n) is 5.51. The van der Waals surface area contributed by atoms with Gasteiger partial charge in [0.2, 0.25) is 11.8 Å². The molecule has 2 saturated heterocycles. The molecule has 0 aromatic heterocycles. The lowest BCUT2D eigenvalue weighted by Crippen LogP contribution is -2.51. The predicted octanol–water partition coefficient (Wildman–Crippen LogP) is 1.99. The van der Waals surface area contributed by atoms with Crippen LogP contribution in [-0.2, 0) is 9.59 Å². The summed E-state index contributed by atoms with van der Waals surface area (Å²) >= 11 is 0. The van der Waals surface area contributed by atoms with E-state index in [-0.39, 0.29) is 11.8 Å². The minimum Gasteiger partial charge on any atom is -0.342 e. The zero-order valence-electron chi connectivity index (χ0n) is 16.6. The van der Waals surface area contributed by atoms with Crippen molar-refractivity contribution in [2.45, 2.75) is 32.6 Å². The maximum atomic E-state index is 12.5. The van der Waals surface area contributed by atoms with Gasteiger partial charge in [0.1, 0.15) is 0 Å². The summed E-state index contributed by atoms with van der Waals surface area (Å²) in [5.74, 6) is 0.659. The van der Waals surface area contributed by atoms with Gasteiger partial charge >= 0.3 is 0 Å². The van der Waals surface area contributed by atoms with E-state index in [4.69, 9.17) is 0 Å². The Hall–Kier alpha value is -1.92. The summed E-state index contributed by atoms with van der Waals surface area (Å²) < 4.78 is 0. The first-order valence-corrected chi connectivity index (χ1v) is 10.1. The Balaban J connectivity index is 1.42. The second-order valence-corrected chi connectivity index (χ2v) is 7.93. The number of carbonyl (C=O) groups excluding carboxylic acids is 2. The molecular weight excluding hydrogens is 340 g/mol. The second-order valence-electron chi connectivity index (χ2n) is 7.93. The fourth-order valence-electron chi connectivity index (χ4n) is 3.87. The van der Waals surface area contributed by atoms with Crippen molar-refractivity contribution in [3.05, 3.63) is 29.8 Å². The molecule has 0 radical (unpaired) electrons. The molecule has 2 amide bonds. The first-order valence-electron chi connectivity index (χ1n) is 10.1. The van der Waals surface area contributed by atoms with Crippen LogP contribution in [0.3, 0.4) is 0 Å². The highest BCUT2D eigenvalue weighted by molar-refractivity contribution is 5.93. The quantitative estimate of drug-likeness (QED) is 0.830. The van der Waals surface area contributed by atoms with Crippen LogP contribution in [0.25, 0.3) is 0 Å². The maximum absolute atomic E-state index is 12.5. The summed E-state index contributed by atoms with van der Waals surface area (Å²) in [4.78, 5) is 31.1. The molecule has 0 spiro atoms. The van der Waals surface area contributed by atoms with Gasteiger partial charge in [-0.1, -0.05) is 32.0 Å². The van der Waals surface area contributed by atoms with Crippen LogP contribution in [0.1, 0.15) is 38.2 Å². The molecule has 6 heteroatoms. The summed E-state index contributed by atoms with van der Waals surface area (Å²) in [5.41, 5.74) is 2.07. The number of amides is 2. The van der Waals surface area contributed by atoms with Crippen molar-refractivity contribution in [1.82, 2.24) is 14.7 Å². The van der Waals surface area contributed by atoms with Gasteiger partial charge in [0.15, 0.2) is 0 Å². The fraction of sp³-hybridized carbons (Fsp3) is 0.619. The number of nitrogens with one attached hydrogen (secondary N) is 1. The van der Waals surface area contributed by atoms with E-state index < -0.39 is 0 Å². The van der Waals surface area contributed by atoms with Gasteiger partial charge in [0, 0.05) is 45.0 Å². The van der Waals surface area contributed by atoms with Crippen molar-refractivity contribution in [2.24, 2.45) is 0 Å². The van der Waals surface area contributed by atoms with E-state index in [1.54, 1.807) is 0 Å². The predicted molar refractivity (Wildman–Crippen MR) is 108 cm³/mol. The van der Waals surface area contributed by atoms with Gasteiger partial charge in [-0.05, 0) is 30.4 Å². The van der Waals surface area contributed by atoms with Crippen LogP contribution in [0, 0.1) is 0 Å². The molecule has 6 nitrogen and oxygen atoms in total.